The van der Waals surface area contributed by atoms with Crippen molar-refractivity contribution in [1.29, 1.82) is 0 Å². The lowest BCUT2D eigenvalue weighted by Gasteiger charge is -2.35. The average Bonchev–Trinajstić information content (AvgIpc) is 4.40. The number of carbonyl (C=O) groups is 8. The lowest BCUT2D eigenvalue weighted by molar-refractivity contribution is -0.144. The number of nitrogens with two attached hydrogens (primary N) is 1. The number of carboxylic acids is 3. The number of aromatic nitrogens is 2. The smallest absolute Gasteiger partial charge is 0.303 e. The Morgan fingerprint density at radius 1 is 0.571 bits per heavy atom. The summed E-state index contributed by atoms with van der Waals surface area (Å²) in [5, 5.41) is 54.5. The molecule has 2 fully saturated rings. The molecule has 2 aromatic heterocycles. The van der Waals surface area contributed by atoms with Gasteiger partial charge in [-0.1, -0.05) is 103 Å². The van der Waals surface area contributed by atoms with Crippen LogP contribution in [0.15, 0.2) is 59.6 Å². The van der Waals surface area contributed by atoms with E-state index in [1.807, 2.05) is 129 Å². The van der Waals surface area contributed by atoms with Crippen molar-refractivity contribution in [3.63, 3.8) is 0 Å². The molecule has 2 aliphatic heterocycles. The van der Waals surface area contributed by atoms with E-state index in [1.54, 1.807) is 22.7 Å². The molecule has 0 radical (unpaired) electrons. The van der Waals surface area contributed by atoms with Crippen LogP contribution in [0.2, 0.25) is 0 Å². The highest BCUT2D eigenvalue weighted by Gasteiger charge is 2.45. The summed E-state index contributed by atoms with van der Waals surface area (Å²) in [4.78, 5) is 110. The molecule has 464 valence electrons. The summed E-state index contributed by atoms with van der Waals surface area (Å²) in [7, 11) is 0. The molecule has 0 spiro atoms. The zero-order valence-corrected chi connectivity index (χ0v) is 52.3. The lowest BCUT2D eigenvalue weighted by Crippen LogP contribution is -2.57. The number of nitrogens with one attached hydrogen (secondary N) is 3. The number of carboxylic acid groups (broad SMARTS) is 3. The highest BCUT2D eigenvalue weighted by atomic mass is 35.5. The number of β-amino-alcohol motifs (C(OH)–C–C–N with tert-alkyl or cyclic N) is 2. The monoisotopic (exact) mass is 1230 g/mol. The van der Waals surface area contributed by atoms with Crippen LogP contribution >= 0.6 is 35.1 Å². The molecule has 6 rings (SSSR count). The van der Waals surface area contributed by atoms with Crippen LogP contribution in [0, 0.1) is 24.7 Å². The molecule has 4 heterocycles. The molecule has 2 aromatic carbocycles. The van der Waals surface area contributed by atoms with Crippen molar-refractivity contribution >= 4 is 82.5 Å². The number of benzene rings is 2. The highest BCUT2D eigenvalue weighted by molar-refractivity contribution is 7.13. The second kappa shape index (κ2) is 33.4. The highest BCUT2D eigenvalue weighted by Crippen LogP contribution is 2.32. The Labute approximate surface area is 507 Å². The lowest BCUT2D eigenvalue weighted by atomic mass is 9.85. The minimum atomic E-state index is -0.894. The topological polar surface area (TPSA) is 332 Å². The normalized spacial score (nSPS) is 18.1. The molecule has 24 heteroatoms. The molecule has 8 atom stereocenters. The van der Waals surface area contributed by atoms with Crippen LogP contribution in [-0.2, 0) is 38.4 Å². The molecule has 0 aliphatic carbocycles. The summed E-state index contributed by atoms with van der Waals surface area (Å²) in [6.07, 6.45) is 2.67. The van der Waals surface area contributed by atoms with Gasteiger partial charge in [0.1, 0.15) is 18.1 Å². The maximum atomic E-state index is 13.7. The number of aliphatic carboxylic acids is 3. The first-order valence-corrected chi connectivity index (χ1v) is 29.9. The van der Waals surface area contributed by atoms with E-state index >= 15 is 0 Å². The first-order chi connectivity index (χ1) is 38.9. The molecule has 4 aromatic rings. The number of thiazole rings is 2. The molecule has 0 unspecified atom stereocenters. The van der Waals surface area contributed by atoms with Crippen molar-refractivity contribution in [3.8, 4) is 20.9 Å². The average molecular weight is 1230 g/mol. The molecule has 0 bridgehead atoms. The second-order valence-electron chi connectivity index (χ2n) is 23.5. The van der Waals surface area contributed by atoms with E-state index < -0.39 is 71.0 Å². The number of amides is 5. The zero-order valence-electron chi connectivity index (χ0n) is 49.9. The van der Waals surface area contributed by atoms with Gasteiger partial charge in [0.2, 0.25) is 29.5 Å². The van der Waals surface area contributed by atoms with Gasteiger partial charge in [-0.3, -0.25) is 38.4 Å². The summed E-state index contributed by atoms with van der Waals surface area (Å²) >= 11 is 3.17. The number of carbonyl (C=O) groups excluding carboxylic acids is 5. The van der Waals surface area contributed by atoms with E-state index in [4.69, 9.17) is 21.1 Å². The number of aryl methyl sites for hydroxylation is 2. The maximum absolute atomic E-state index is 13.7. The first-order valence-electron chi connectivity index (χ1n) is 28.2. The van der Waals surface area contributed by atoms with Crippen molar-refractivity contribution in [3.05, 3.63) is 82.1 Å². The molecule has 21 nitrogen and oxygen atoms in total. The van der Waals surface area contributed by atoms with Crippen LogP contribution in [0.4, 0.5) is 0 Å². The summed E-state index contributed by atoms with van der Waals surface area (Å²) < 4.78 is 0. The standard InChI is InChI=1S/C30H42N4O6S.C23H32N4O3S.C7H12O4.ClH/c1-18(20-11-13-21(14-12-20)26-19(2)31-17-41-26)32-28(39)23-15-22(35)16-34(23)29(40)27(30(3,4)5)33-24(36)9-7-6-8-10-25(37)38;1-13(15-6-8-16(9-7-15)19-14(2)25-12-31-19)26-21(29)18-10-17(28)11-27(18)22(30)20(24)23(3,4)5;8-6(9)4-2-1-3-5-7(10)11;/h11-14,17-18,22-23,27,35H,6-10,15-16H2,1-5H3,(H,32,39)(H,33,36)(H,37,38);6-9,12-13,17-18,20,28H,10-11,24H2,1-5H3,(H,26,29);1-5H2,(H,8,9)(H,10,11);1H/t18-,22+,23-,27+;13-,17+,18-,20+;;/m00../s1. The fourth-order valence-corrected chi connectivity index (χ4v) is 11.1. The van der Waals surface area contributed by atoms with Gasteiger partial charge in [0.25, 0.3) is 0 Å². The molecule has 5 amide bonds. The number of hydrogen-bond acceptors (Lipinski definition) is 15. The van der Waals surface area contributed by atoms with E-state index in [1.165, 1.54) is 9.80 Å². The predicted octanol–water partition coefficient (Wildman–Crippen LogP) is 7.98. The van der Waals surface area contributed by atoms with Crippen molar-refractivity contribution in [1.82, 2.24) is 35.7 Å². The van der Waals surface area contributed by atoms with E-state index in [0.717, 1.165) is 43.4 Å². The quantitative estimate of drug-likeness (QED) is 0.0318. The van der Waals surface area contributed by atoms with Gasteiger partial charge in [-0.15, -0.1) is 35.1 Å². The molecular formula is C60H87ClN8O13S2. The van der Waals surface area contributed by atoms with Gasteiger partial charge in [0.05, 0.1) is 62.5 Å². The SMILES string of the molecule is Cc1ncsc1-c1ccc([C@H](C)NC(=O)[C@@H]2C[C@@H](O)CN2C(=O)[C@@H](N)C(C)(C)C)cc1.Cc1ncsc1-c1ccc([C@H](C)NC(=O)[C@@H]2C[C@@H](O)CN2C(=O)[C@@H](NC(=O)CCCCCC(=O)O)C(C)(C)C)cc1.Cl.O=C(O)CCCCCC(=O)O. The third-order valence-electron chi connectivity index (χ3n) is 14.5. The molecule has 2 aliphatic rings. The van der Waals surface area contributed by atoms with Gasteiger partial charge in [-0.25, -0.2) is 9.97 Å². The predicted molar refractivity (Wildman–Crippen MR) is 325 cm³/mol. The van der Waals surface area contributed by atoms with Gasteiger partial charge in [0, 0.05) is 51.6 Å². The Morgan fingerprint density at radius 2 is 0.929 bits per heavy atom. The maximum Gasteiger partial charge on any atom is 0.303 e. The number of likely N-dealkylation sites (tertiary alicyclic amines) is 2. The van der Waals surface area contributed by atoms with Gasteiger partial charge < -0.3 is 57.0 Å². The minimum Gasteiger partial charge on any atom is -0.481 e. The summed E-state index contributed by atoms with van der Waals surface area (Å²) in [6, 6.07) is 12.1. The Balaban J connectivity index is 0.000000378. The molecular weight excluding hydrogens is 1140 g/mol. The van der Waals surface area contributed by atoms with Crippen molar-refractivity contribution in [2.75, 3.05) is 13.1 Å². The number of nitrogens with zero attached hydrogens (tertiary/aromatic N) is 4. The van der Waals surface area contributed by atoms with Gasteiger partial charge in [0.15, 0.2) is 0 Å². The third-order valence-corrected chi connectivity index (χ3v) is 16.4. The molecule has 10 N–H and O–H groups in total. The van der Waals surface area contributed by atoms with Gasteiger partial charge >= 0.3 is 17.9 Å². The Bertz CT molecular complexity index is 2800. The number of aliphatic hydroxyl groups excluding tert-OH is 2. The van der Waals surface area contributed by atoms with Crippen LogP contribution in [0.5, 0.6) is 0 Å². The Hall–Kier alpha value is -6.37. The van der Waals surface area contributed by atoms with Crippen molar-refractivity contribution in [2.45, 2.75) is 195 Å². The number of aliphatic hydroxyl groups is 2. The van der Waals surface area contributed by atoms with Crippen LogP contribution in [0.1, 0.15) is 167 Å². The first kappa shape index (κ1) is 71.9. The van der Waals surface area contributed by atoms with Crippen LogP contribution in [0.25, 0.3) is 20.9 Å². The van der Waals surface area contributed by atoms with E-state index in [-0.39, 0.29) is 99.7 Å². The van der Waals surface area contributed by atoms with Crippen molar-refractivity contribution < 1.29 is 63.9 Å². The van der Waals surface area contributed by atoms with E-state index in [2.05, 4.69) is 25.9 Å². The Kier molecular flexibility index (Phi) is 28.5. The van der Waals surface area contributed by atoms with E-state index in [0.29, 0.717) is 38.5 Å². The molecule has 0 saturated carbocycles. The third kappa shape index (κ3) is 22.2. The largest absolute Gasteiger partial charge is 0.481 e. The number of unbranched alkanes of at least 4 members (excludes halogenated alkanes) is 4. The number of rotatable bonds is 23. The number of hydrogen-bond donors (Lipinski definition) is 9. The summed E-state index contributed by atoms with van der Waals surface area (Å²) in [5.41, 5.74) is 14.7. The zero-order chi connectivity index (χ0) is 61.9. The Morgan fingerprint density at radius 3 is 1.25 bits per heavy atom. The van der Waals surface area contributed by atoms with Crippen LogP contribution < -0.4 is 21.7 Å². The van der Waals surface area contributed by atoms with Crippen molar-refractivity contribution in [2.24, 2.45) is 16.6 Å². The van der Waals surface area contributed by atoms with Crippen LogP contribution in [-0.4, -0.2) is 142 Å². The van der Waals surface area contributed by atoms with Crippen LogP contribution in [0.3, 0.4) is 0 Å². The van der Waals surface area contributed by atoms with E-state index in [9.17, 15) is 48.6 Å². The summed E-state index contributed by atoms with van der Waals surface area (Å²) in [5.74, 6) is -4.16. The number of halogens is 1. The minimum absolute atomic E-state index is 0. The molecule has 2 saturated heterocycles. The summed E-state index contributed by atoms with van der Waals surface area (Å²) in [6.45, 7) is 19.0. The molecule has 84 heavy (non-hydrogen) atoms. The van der Waals surface area contributed by atoms with Gasteiger partial charge in [-0.05, 0) is 86.5 Å². The fourth-order valence-electron chi connectivity index (χ4n) is 9.47. The van der Waals surface area contributed by atoms with Gasteiger partial charge in [-0.2, -0.15) is 0 Å². The fraction of sp³-hybridized carbons (Fsp3) is 0.567. The second-order valence-corrected chi connectivity index (χ2v) is 25.3.